The molecule has 0 fully saturated rings. The largest absolute Gasteiger partial charge is 0.269 e. The Kier molecular flexibility index (Phi) is 4.16. The first-order valence-electron chi connectivity index (χ1n) is 8.07. The Hall–Kier alpha value is -3.53. The summed E-state index contributed by atoms with van der Waals surface area (Å²) in [4.78, 5) is 9.23. The molecule has 0 atom stereocenters. The van der Waals surface area contributed by atoms with Crippen LogP contribution < -0.4 is 0 Å². The standard InChI is InChI=1S/C21H16N4/c1-4-10-16(11-5-1)19(17-12-6-2-7-13-17)22-21-23-20(24-25-21)18-14-8-3-9-15-18/h1-15H,(H,23,24,25). The van der Waals surface area contributed by atoms with E-state index in [0.717, 1.165) is 22.4 Å². The summed E-state index contributed by atoms with van der Waals surface area (Å²) in [5.74, 6) is 1.13. The molecular weight excluding hydrogens is 308 g/mol. The van der Waals surface area contributed by atoms with Gasteiger partial charge in [-0.05, 0) is 0 Å². The van der Waals surface area contributed by atoms with Gasteiger partial charge >= 0.3 is 0 Å². The van der Waals surface area contributed by atoms with Crippen LogP contribution in [0.4, 0.5) is 5.95 Å². The summed E-state index contributed by atoms with van der Waals surface area (Å²) in [5, 5.41) is 7.22. The van der Waals surface area contributed by atoms with E-state index in [4.69, 9.17) is 4.99 Å². The molecule has 0 aliphatic carbocycles. The number of H-pyrrole nitrogens is 1. The third-order valence-electron chi connectivity index (χ3n) is 3.83. The van der Waals surface area contributed by atoms with Crippen molar-refractivity contribution in [2.75, 3.05) is 0 Å². The quantitative estimate of drug-likeness (QED) is 0.556. The number of aliphatic imine (C=N–C) groups is 1. The molecule has 0 unspecified atom stereocenters. The van der Waals surface area contributed by atoms with Crippen molar-refractivity contribution < 1.29 is 0 Å². The molecule has 0 radical (unpaired) electrons. The lowest BCUT2D eigenvalue weighted by atomic mass is 10.0. The first-order valence-corrected chi connectivity index (χ1v) is 8.07. The number of hydrogen-bond acceptors (Lipinski definition) is 3. The van der Waals surface area contributed by atoms with E-state index in [0.29, 0.717) is 11.8 Å². The average molecular weight is 324 g/mol. The Morgan fingerprint density at radius 1 is 0.680 bits per heavy atom. The van der Waals surface area contributed by atoms with Gasteiger partial charge in [0.1, 0.15) is 0 Å². The highest BCUT2D eigenvalue weighted by Crippen LogP contribution is 2.19. The third kappa shape index (κ3) is 3.38. The second kappa shape index (κ2) is 6.93. The van der Waals surface area contributed by atoms with E-state index < -0.39 is 0 Å². The van der Waals surface area contributed by atoms with E-state index in [9.17, 15) is 0 Å². The second-order valence-electron chi connectivity index (χ2n) is 5.54. The molecule has 0 amide bonds. The minimum absolute atomic E-state index is 0.418. The molecule has 4 aromatic rings. The second-order valence-corrected chi connectivity index (χ2v) is 5.54. The van der Waals surface area contributed by atoms with Gasteiger partial charge in [0.05, 0.1) is 5.71 Å². The molecule has 0 aliphatic rings. The van der Waals surface area contributed by atoms with Crippen LogP contribution in [-0.4, -0.2) is 20.9 Å². The van der Waals surface area contributed by atoms with Crippen LogP contribution in [-0.2, 0) is 0 Å². The summed E-state index contributed by atoms with van der Waals surface area (Å²) >= 11 is 0. The Balaban J connectivity index is 1.77. The molecule has 4 rings (SSSR count). The molecule has 4 heteroatoms. The molecule has 0 saturated heterocycles. The summed E-state index contributed by atoms with van der Waals surface area (Å²) in [7, 11) is 0. The van der Waals surface area contributed by atoms with Gasteiger partial charge < -0.3 is 0 Å². The van der Waals surface area contributed by atoms with Gasteiger partial charge in [-0.15, -0.1) is 5.10 Å². The van der Waals surface area contributed by atoms with Crippen LogP contribution in [0.15, 0.2) is 96.0 Å². The molecule has 1 aromatic heterocycles. The van der Waals surface area contributed by atoms with Crippen molar-refractivity contribution in [2.45, 2.75) is 0 Å². The smallest absolute Gasteiger partial charge is 0.257 e. The summed E-state index contributed by atoms with van der Waals surface area (Å²) < 4.78 is 0. The zero-order chi connectivity index (χ0) is 16.9. The van der Waals surface area contributed by atoms with E-state index in [2.05, 4.69) is 15.2 Å². The Morgan fingerprint density at radius 2 is 1.20 bits per heavy atom. The molecule has 0 bridgehead atoms. The lowest BCUT2D eigenvalue weighted by Gasteiger charge is -2.05. The number of aromatic amines is 1. The fourth-order valence-corrected chi connectivity index (χ4v) is 2.62. The predicted molar refractivity (Wildman–Crippen MR) is 100 cm³/mol. The minimum Gasteiger partial charge on any atom is -0.257 e. The number of hydrogen-bond donors (Lipinski definition) is 1. The van der Waals surface area contributed by atoms with Gasteiger partial charge in [0.2, 0.25) is 0 Å². The first kappa shape index (κ1) is 15.0. The molecule has 4 nitrogen and oxygen atoms in total. The van der Waals surface area contributed by atoms with E-state index >= 15 is 0 Å². The normalized spacial score (nSPS) is 10.4. The molecule has 1 N–H and O–H groups in total. The summed E-state index contributed by atoms with van der Waals surface area (Å²) in [6.45, 7) is 0. The van der Waals surface area contributed by atoms with E-state index in [1.54, 1.807) is 0 Å². The highest BCUT2D eigenvalue weighted by atomic mass is 15.3. The highest BCUT2D eigenvalue weighted by Gasteiger charge is 2.10. The van der Waals surface area contributed by atoms with Crippen molar-refractivity contribution in [3.63, 3.8) is 0 Å². The van der Waals surface area contributed by atoms with Crippen LogP contribution in [0.5, 0.6) is 0 Å². The van der Waals surface area contributed by atoms with Gasteiger partial charge in [-0.1, -0.05) is 91.0 Å². The van der Waals surface area contributed by atoms with Gasteiger partial charge in [0.15, 0.2) is 5.82 Å². The van der Waals surface area contributed by atoms with E-state index in [-0.39, 0.29) is 0 Å². The third-order valence-corrected chi connectivity index (χ3v) is 3.83. The van der Waals surface area contributed by atoms with Gasteiger partial charge in [0.25, 0.3) is 5.95 Å². The monoisotopic (exact) mass is 324 g/mol. The van der Waals surface area contributed by atoms with Crippen LogP contribution in [0, 0.1) is 0 Å². The highest BCUT2D eigenvalue weighted by molar-refractivity contribution is 6.13. The fourth-order valence-electron chi connectivity index (χ4n) is 2.62. The van der Waals surface area contributed by atoms with Crippen LogP contribution in [0.3, 0.4) is 0 Å². The number of benzene rings is 3. The average Bonchev–Trinajstić information content (AvgIpc) is 3.17. The molecular formula is C21H16N4. The Labute approximate surface area is 145 Å². The van der Waals surface area contributed by atoms with Gasteiger partial charge in [-0.2, -0.15) is 4.98 Å². The Bertz CT molecular complexity index is 933. The van der Waals surface area contributed by atoms with Crippen molar-refractivity contribution in [2.24, 2.45) is 4.99 Å². The van der Waals surface area contributed by atoms with Crippen molar-refractivity contribution in [1.29, 1.82) is 0 Å². The molecule has 120 valence electrons. The Morgan fingerprint density at radius 3 is 1.76 bits per heavy atom. The predicted octanol–water partition coefficient (Wildman–Crippen LogP) is 4.64. The molecule has 25 heavy (non-hydrogen) atoms. The van der Waals surface area contributed by atoms with Crippen molar-refractivity contribution >= 4 is 11.7 Å². The summed E-state index contributed by atoms with van der Waals surface area (Å²) in [6, 6.07) is 30.0. The lowest BCUT2D eigenvalue weighted by molar-refractivity contribution is 1.09. The minimum atomic E-state index is 0.418. The summed E-state index contributed by atoms with van der Waals surface area (Å²) in [5.41, 5.74) is 3.89. The molecule has 0 spiro atoms. The van der Waals surface area contributed by atoms with Crippen LogP contribution in [0.2, 0.25) is 0 Å². The maximum Gasteiger partial charge on any atom is 0.269 e. The van der Waals surface area contributed by atoms with Crippen LogP contribution in [0.1, 0.15) is 11.1 Å². The zero-order valence-corrected chi connectivity index (χ0v) is 13.5. The summed E-state index contributed by atoms with van der Waals surface area (Å²) in [6.07, 6.45) is 0. The maximum atomic E-state index is 4.71. The topological polar surface area (TPSA) is 53.9 Å². The van der Waals surface area contributed by atoms with Crippen LogP contribution in [0.25, 0.3) is 11.4 Å². The number of aromatic nitrogens is 3. The van der Waals surface area contributed by atoms with Crippen LogP contribution >= 0.6 is 0 Å². The van der Waals surface area contributed by atoms with Gasteiger partial charge in [-0.25, -0.2) is 4.99 Å². The molecule has 0 saturated carbocycles. The molecule has 3 aromatic carbocycles. The maximum absolute atomic E-state index is 4.71. The van der Waals surface area contributed by atoms with Crippen molar-refractivity contribution in [3.8, 4) is 11.4 Å². The fraction of sp³-hybridized carbons (Fsp3) is 0. The van der Waals surface area contributed by atoms with E-state index in [1.807, 2.05) is 91.0 Å². The van der Waals surface area contributed by atoms with Gasteiger partial charge in [0, 0.05) is 16.7 Å². The van der Waals surface area contributed by atoms with Gasteiger partial charge in [-0.3, -0.25) is 5.10 Å². The van der Waals surface area contributed by atoms with E-state index in [1.165, 1.54) is 0 Å². The molecule has 0 aliphatic heterocycles. The number of nitrogens with one attached hydrogen (secondary N) is 1. The molecule has 1 heterocycles. The van der Waals surface area contributed by atoms with Crippen molar-refractivity contribution in [1.82, 2.24) is 15.2 Å². The zero-order valence-electron chi connectivity index (χ0n) is 13.5. The van der Waals surface area contributed by atoms with Crippen molar-refractivity contribution in [3.05, 3.63) is 102 Å². The first-order chi connectivity index (χ1) is 12.4. The lowest BCUT2D eigenvalue weighted by Crippen LogP contribution is -2.02. The SMILES string of the molecule is c1ccc(C(=Nc2n[nH]c(-c3ccccc3)n2)c2ccccc2)cc1. The number of rotatable bonds is 4. The number of nitrogens with zero attached hydrogens (tertiary/aromatic N) is 3.